The smallest absolute Gasteiger partial charge is 0.269 e. The van der Waals surface area contributed by atoms with Gasteiger partial charge in [0.15, 0.2) is 0 Å². The Labute approximate surface area is 159 Å². The third kappa shape index (κ3) is 5.16. The van der Waals surface area contributed by atoms with E-state index in [1.165, 1.54) is 37.4 Å². The van der Waals surface area contributed by atoms with Crippen LogP contribution in [0.15, 0.2) is 47.4 Å². The minimum atomic E-state index is -4.15. The molecule has 0 aliphatic carbocycles. The van der Waals surface area contributed by atoms with E-state index >= 15 is 0 Å². The number of aliphatic carboxylic acids is 1. The van der Waals surface area contributed by atoms with Crippen LogP contribution in [0.1, 0.15) is 18.0 Å². The number of nitrogens with zero attached hydrogens (tertiary/aromatic N) is 1. The van der Waals surface area contributed by atoms with E-state index in [4.69, 9.17) is 16.3 Å². The average Bonchev–Trinajstić information content (AvgIpc) is 2.60. The number of hydrogen-bond donors (Lipinski definition) is 1. The van der Waals surface area contributed by atoms with Gasteiger partial charge in [0.2, 0.25) is 10.0 Å². The lowest BCUT2D eigenvalue weighted by Gasteiger charge is -2.21. The fraction of sp³-hybridized carbons (Fsp3) is 0.188. The Balaban J connectivity index is 2.43. The van der Waals surface area contributed by atoms with E-state index in [1.54, 1.807) is 0 Å². The predicted molar refractivity (Wildman–Crippen MR) is 93.8 cm³/mol. The Kier molecular flexibility index (Phi) is 6.37. The van der Waals surface area contributed by atoms with Crippen LogP contribution < -0.4 is 14.6 Å². The van der Waals surface area contributed by atoms with Gasteiger partial charge in [-0.25, -0.2) is 13.1 Å². The quantitative estimate of drug-likeness (QED) is 0.509. The molecule has 0 aromatic heterocycles. The first-order valence-corrected chi connectivity index (χ1v) is 9.30. The molecule has 0 radical (unpaired) electrons. The molecule has 0 aliphatic heterocycles. The number of rotatable bonds is 8. The van der Waals surface area contributed by atoms with E-state index in [2.05, 4.69) is 4.72 Å². The molecule has 11 heteroatoms. The van der Waals surface area contributed by atoms with E-state index in [-0.39, 0.29) is 21.2 Å². The fourth-order valence-electron chi connectivity index (χ4n) is 2.30. The van der Waals surface area contributed by atoms with Gasteiger partial charge < -0.3 is 14.6 Å². The Morgan fingerprint density at radius 2 is 1.89 bits per heavy atom. The van der Waals surface area contributed by atoms with Crippen LogP contribution in [0.5, 0.6) is 5.75 Å². The van der Waals surface area contributed by atoms with Crippen molar-refractivity contribution in [2.45, 2.75) is 17.4 Å². The number of carbonyl (C=O) groups excluding carboxylic acids is 1. The number of hydrogen-bond acceptors (Lipinski definition) is 7. The standard InChI is InChI=1S/C16H15ClN2O7S/c1-26-11-3-5-12(6-4-11)27(24,25)18-15(9-16(20)21)13-8-10(19(22)23)2-7-14(13)17/h2-8,15,18H,9H2,1H3,(H,20,21)/p-1/t15-/m0/s1. The first-order valence-electron chi connectivity index (χ1n) is 7.44. The second-order valence-corrected chi connectivity index (χ2v) is 7.51. The monoisotopic (exact) mass is 413 g/mol. The van der Waals surface area contributed by atoms with E-state index in [0.29, 0.717) is 5.75 Å². The topological polar surface area (TPSA) is 139 Å². The van der Waals surface area contributed by atoms with Crippen molar-refractivity contribution >= 4 is 33.3 Å². The summed E-state index contributed by atoms with van der Waals surface area (Å²) in [5.41, 5.74) is -0.409. The van der Waals surface area contributed by atoms with Gasteiger partial charge in [0.25, 0.3) is 5.69 Å². The zero-order valence-electron chi connectivity index (χ0n) is 13.9. The molecule has 0 aliphatic rings. The van der Waals surface area contributed by atoms with Crippen molar-refractivity contribution in [3.63, 3.8) is 0 Å². The molecule has 0 bridgehead atoms. The zero-order valence-corrected chi connectivity index (χ0v) is 15.5. The Morgan fingerprint density at radius 3 is 2.41 bits per heavy atom. The van der Waals surface area contributed by atoms with Crippen molar-refractivity contribution in [2.24, 2.45) is 0 Å². The second-order valence-electron chi connectivity index (χ2n) is 5.39. The molecule has 9 nitrogen and oxygen atoms in total. The van der Waals surface area contributed by atoms with Gasteiger partial charge in [-0.15, -0.1) is 0 Å². The van der Waals surface area contributed by atoms with Crippen LogP contribution in [0.3, 0.4) is 0 Å². The molecule has 0 amide bonds. The lowest BCUT2D eigenvalue weighted by molar-refractivity contribution is -0.385. The molecule has 1 N–H and O–H groups in total. The van der Waals surface area contributed by atoms with Gasteiger partial charge in [-0.2, -0.15) is 0 Å². The maximum atomic E-state index is 12.6. The maximum absolute atomic E-state index is 12.6. The van der Waals surface area contributed by atoms with Crippen molar-refractivity contribution < 1.29 is 28.0 Å². The number of halogens is 1. The lowest BCUT2D eigenvalue weighted by Crippen LogP contribution is -2.34. The number of nitro benzene ring substituents is 1. The zero-order chi connectivity index (χ0) is 20.2. The van der Waals surface area contributed by atoms with Gasteiger partial charge in [0, 0.05) is 29.5 Å². The largest absolute Gasteiger partial charge is 0.550 e. The summed E-state index contributed by atoms with van der Waals surface area (Å²) in [4.78, 5) is 21.2. The molecule has 2 aromatic rings. The molecule has 0 saturated carbocycles. The number of nitro groups is 1. The number of sulfonamides is 1. The second kappa shape index (κ2) is 8.33. The third-order valence-corrected chi connectivity index (χ3v) is 5.44. The highest BCUT2D eigenvalue weighted by atomic mass is 35.5. The molecule has 0 unspecified atom stereocenters. The van der Waals surface area contributed by atoms with Crippen LogP contribution in [0, 0.1) is 10.1 Å². The average molecular weight is 414 g/mol. The van der Waals surface area contributed by atoms with Crippen molar-refractivity contribution in [3.05, 3.63) is 63.2 Å². The highest BCUT2D eigenvalue weighted by molar-refractivity contribution is 7.89. The van der Waals surface area contributed by atoms with Gasteiger partial charge in [0.05, 0.1) is 23.0 Å². The van der Waals surface area contributed by atoms with Gasteiger partial charge >= 0.3 is 0 Å². The molecular weight excluding hydrogens is 400 g/mol. The van der Waals surface area contributed by atoms with Gasteiger partial charge in [-0.05, 0) is 35.9 Å². The van der Waals surface area contributed by atoms with Crippen LogP contribution in [0.2, 0.25) is 5.02 Å². The highest BCUT2D eigenvalue weighted by Gasteiger charge is 2.25. The molecular formula is C16H14ClN2O7S-. The van der Waals surface area contributed by atoms with Crippen LogP contribution in [0.25, 0.3) is 0 Å². The minimum absolute atomic E-state index is 0.0238. The van der Waals surface area contributed by atoms with Crippen molar-refractivity contribution in [3.8, 4) is 5.75 Å². The summed E-state index contributed by atoms with van der Waals surface area (Å²) in [5.74, 6) is -1.12. The van der Waals surface area contributed by atoms with Crippen LogP contribution in [-0.2, 0) is 14.8 Å². The van der Waals surface area contributed by atoms with Gasteiger partial charge in [-0.1, -0.05) is 11.6 Å². The summed E-state index contributed by atoms with van der Waals surface area (Å²) in [6.45, 7) is 0. The van der Waals surface area contributed by atoms with Gasteiger partial charge in [-0.3, -0.25) is 10.1 Å². The molecule has 27 heavy (non-hydrogen) atoms. The molecule has 0 spiro atoms. The first-order chi connectivity index (χ1) is 12.6. The van der Waals surface area contributed by atoms with Crippen molar-refractivity contribution in [1.29, 1.82) is 0 Å². The summed E-state index contributed by atoms with van der Waals surface area (Å²) >= 11 is 6.01. The number of nitrogens with one attached hydrogen (secondary N) is 1. The highest BCUT2D eigenvalue weighted by Crippen LogP contribution is 2.30. The molecule has 0 saturated heterocycles. The number of carboxylic acid groups (broad SMARTS) is 1. The summed E-state index contributed by atoms with van der Waals surface area (Å²) in [6.07, 6.45) is -0.768. The first kappa shape index (κ1) is 20.6. The molecule has 2 rings (SSSR count). The number of methoxy groups -OCH3 is 1. The van der Waals surface area contributed by atoms with Crippen molar-refractivity contribution in [2.75, 3.05) is 7.11 Å². The third-order valence-electron chi connectivity index (χ3n) is 3.60. The van der Waals surface area contributed by atoms with Crippen LogP contribution in [0.4, 0.5) is 5.69 Å². The molecule has 2 aromatic carbocycles. The van der Waals surface area contributed by atoms with E-state index in [9.17, 15) is 28.4 Å². The van der Waals surface area contributed by atoms with E-state index < -0.39 is 33.4 Å². The summed E-state index contributed by atoms with van der Waals surface area (Å²) < 4.78 is 32.3. The van der Waals surface area contributed by atoms with Crippen molar-refractivity contribution in [1.82, 2.24) is 4.72 Å². The van der Waals surface area contributed by atoms with E-state index in [0.717, 1.165) is 12.1 Å². The number of ether oxygens (including phenoxy) is 1. The summed E-state index contributed by atoms with van der Waals surface area (Å²) in [5, 5.41) is 22.0. The minimum Gasteiger partial charge on any atom is -0.550 e. The Bertz CT molecular complexity index is 961. The SMILES string of the molecule is COc1ccc(S(=O)(=O)N[C@@H](CC(=O)[O-])c2cc([N+](=O)[O-])ccc2Cl)cc1. The normalized spacial score (nSPS) is 12.4. The van der Waals surface area contributed by atoms with Crippen LogP contribution >= 0.6 is 11.6 Å². The number of carboxylic acids is 1. The Morgan fingerprint density at radius 1 is 1.26 bits per heavy atom. The van der Waals surface area contributed by atoms with Gasteiger partial charge in [0.1, 0.15) is 5.75 Å². The predicted octanol–water partition coefficient (Wildman–Crippen LogP) is 1.42. The molecule has 0 fully saturated rings. The molecule has 0 heterocycles. The van der Waals surface area contributed by atoms with Crippen LogP contribution in [-0.4, -0.2) is 26.4 Å². The summed E-state index contributed by atoms with van der Waals surface area (Å²) in [7, 11) is -2.73. The number of benzene rings is 2. The lowest BCUT2D eigenvalue weighted by atomic mass is 10.0. The number of non-ortho nitro benzene ring substituents is 1. The molecule has 1 atom stereocenters. The maximum Gasteiger partial charge on any atom is 0.269 e. The molecule has 144 valence electrons. The summed E-state index contributed by atoms with van der Waals surface area (Å²) in [6, 6.07) is 7.35. The number of carbonyl (C=O) groups is 1. The van der Waals surface area contributed by atoms with E-state index in [1.807, 2.05) is 0 Å². The fourth-order valence-corrected chi connectivity index (χ4v) is 3.77. The Hall–Kier alpha value is -2.69.